The van der Waals surface area contributed by atoms with Crippen LogP contribution in [0.1, 0.15) is 12.5 Å². The van der Waals surface area contributed by atoms with Crippen molar-refractivity contribution < 1.29 is 9.47 Å². The number of H-pyrrole nitrogens is 1. The van der Waals surface area contributed by atoms with Gasteiger partial charge in [0.15, 0.2) is 11.5 Å². The van der Waals surface area contributed by atoms with Gasteiger partial charge in [0.05, 0.1) is 30.8 Å². The Morgan fingerprint density at radius 3 is 2.80 bits per heavy atom. The van der Waals surface area contributed by atoms with Crippen LogP contribution in [-0.4, -0.2) is 29.6 Å². The third-order valence-corrected chi connectivity index (χ3v) is 3.87. The van der Waals surface area contributed by atoms with Gasteiger partial charge in [-0.2, -0.15) is 9.78 Å². The van der Waals surface area contributed by atoms with Gasteiger partial charge in [0.25, 0.3) is 5.56 Å². The fraction of sp³-hybridized carbons (Fsp3) is 0.167. The highest BCUT2D eigenvalue weighted by atomic mass is 32.1. The second kappa shape index (κ2) is 7.31. The van der Waals surface area contributed by atoms with Crippen molar-refractivity contribution in [3.8, 4) is 11.5 Å². The van der Waals surface area contributed by atoms with Gasteiger partial charge < -0.3 is 14.5 Å². The first-order chi connectivity index (χ1) is 12.1. The number of methoxy groups -OCH3 is 1. The summed E-state index contributed by atoms with van der Waals surface area (Å²) in [6.07, 6.45) is 1.55. The predicted octanol–water partition coefficient (Wildman–Crippen LogP) is 3.35. The van der Waals surface area contributed by atoms with E-state index in [-0.39, 0.29) is 10.3 Å². The minimum Gasteiger partial charge on any atom is -0.493 e. The fourth-order valence-corrected chi connectivity index (χ4v) is 2.66. The number of hydrogen-bond donors (Lipinski definition) is 1. The molecule has 0 fully saturated rings. The maximum atomic E-state index is 12.6. The van der Waals surface area contributed by atoms with E-state index < -0.39 is 0 Å². The standard InChI is InChI=1S/C18H17N3O3S/c1-3-24-15-9-8-12(10-16(15)23-2)11-19-21-17(22)13-6-4-5-7-14(13)20-18(21)25/h4-11H,3H2,1-2H3,(H,20,25)/b19-11-. The van der Waals surface area contributed by atoms with Crippen LogP contribution < -0.4 is 15.0 Å². The lowest BCUT2D eigenvalue weighted by Gasteiger charge is -2.09. The van der Waals surface area contributed by atoms with Gasteiger partial charge in [-0.05, 0) is 55.0 Å². The van der Waals surface area contributed by atoms with E-state index in [1.165, 1.54) is 4.68 Å². The highest BCUT2D eigenvalue weighted by Gasteiger charge is 2.06. The molecular weight excluding hydrogens is 338 g/mol. The summed E-state index contributed by atoms with van der Waals surface area (Å²) >= 11 is 5.24. The number of ether oxygens (including phenoxy) is 2. The Kier molecular flexibility index (Phi) is 4.95. The summed E-state index contributed by atoms with van der Waals surface area (Å²) in [6, 6.07) is 12.6. The van der Waals surface area contributed by atoms with Crippen LogP contribution >= 0.6 is 12.2 Å². The summed E-state index contributed by atoms with van der Waals surface area (Å²) < 4.78 is 12.2. The molecule has 2 aromatic carbocycles. The molecule has 0 atom stereocenters. The zero-order valence-electron chi connectivity index (χ0n) is 13.9. The first kappa shape index (κ1) is 16.9. The Labute approximate surface area is 149 Å². The Balaban J connectivity index is 2.01. The molecule has 1 heterocycles. The Morgan fingerprint density at radius 1 is 1.24 bits per heavy atom. The SMILES string of the molecule is CCOc1ccc(/C=N\n2c(=S)[nH]c3ccccc3c2=O)cc1OC. The second-order valence-electron chi connectivity index (χ2n) is 5.18. The minimum atomic E-state index is -0.270. The van der Waals surface area contributed by atoms with Gasteiger partial charge in [0, 0.05) is 0 Å². The van der Waals surface area contributed by atoms with Crippen molar-refractivity contribution in [3.63, 3.8) is 0 Å². The molecule has 3 aromatic rings. The van der Waals surface area contributed by atoms with Crippen molar-refractivity contribution >= 4 is 29.3 Å². The number of rotatable bonds is 5. The third-order valence-electron chi connectivity index (χ3n) is 3.59. The first-order valence-electron chi connectivity index (χ1n) is 7.73. The van der Waals surface area contributed by atoms with E-state index in [4.69, 9.17) is 21.7 Å². The number of benzene rings is 2. The molecule has 25 heavy (non-hydrogen) atoms. The maximum absolute atomic E-state index is 12.6. The van der Waals surface area contributed by atoms with E-state index in [1.807, 2.05) is 19.1 Å². The summed E-state index contributed by atoms with van der Waals surface area (Å²) in [5.41, 5.74) is 1.18. The Bertz CT molecular complexity index is 1050. The molecule has 0 bridgehead atoms. The number of nitrogens with one attached hydrogen (secondary N) is 1. The van der Waals surface area contributed by atoms with Gasteiger partial charge in [-0.3, -0.25) is 4.79 Å². The lowest BCUT2D eigenvalue weighted by Crippen LogP contribution is -2.18. The number of para-hydroxylation sites is 1. The van der Waals surface area contributed by atoms with E-state index in [9.17, 15) is 4.79 Å². The number of aromatic amines is 1. The monoisotopic (exact) mass is 355 g/mol. The topological polar surface area (TPSA) is 68.6 Å². The van der Waals surface area contributed by atoms with Crippen LogP contribution in [0.2, 0.25) is 0 Å². The number of aromatic nitrogens is 2. The van der Waals surface area contributed by atoms with Crippen molar-refractivity contribution in [2.24, 2.45) is 5.10 Å². The molecule has 0 aliphatic rings. The fourth-order valence-electron chi connectivity index (χ4n) is 2.42. The van der Waals surface area contributed by atoms with Crippen LogP contribution in [0.25, 0.3) is 10.9 Å². The first-order valence-corrected chi connectivity index (χ1v) is 8.14. The number of nitrogens with zero attached hydrogens (tertiary/aromatic N) is 2. The average Bonchev–Trinajstić information content (AvgIpc) is 2.62. The molecule has 0 amide bonds. The molecule has 3 rings (SSSR count). The quantitative estimate of drug-likeness (QED) is 0.563. The van der Waals surface area contributed by atoms with Gasteiger partial charge in [0.2, 0.25) is 4.77 Å². The molecule has 0 unspecified atom stereocenters. The van der Waals surface area contributed by atoms with Crippen LogP contribution in [0.4, 0.5) is 0 Å². The lowest BCUT2D eigenvalue weighted by atomic mass is 10.2. The highest BCUT2D eigenvalue weighted by Crippen LogP contribution is 2.27. The normalized spacial score (nSPS) is 11.1. The molecule has 0 aliphatic carbocycles. The van der Waals surface area contributed by atoms with Crippen molar-refractivity contribution in [3.05, 3.63) is 63.2 Å². The molecule has 1 N–H and O–H groups in total. The zero-order valence-corrected chi connectivity index (χ0v) is 14.7. The number of hydrogen-bond acceptors (Lipinski definition) is 5. The van der Waals surface area contributed by atoms with Crippen LogP contribution in [0.5, 0.6) is 11.5 Å². The van der Waals surface area contributed by atoms with Gasteiger partial charge in [0.1, 0.15) is 0 Å². The van der Waals surface area contributed by atoms with Gasteiger partial charge in [-0.1, -0.05) is 12.1 Å². The predicted molar refractivity (Wildman–Crippen MR) is 101 cm³/mol. The van der Waals surface area contributed by atoms with E-state index in [1.54, 1.807) is 43.7 Å². The lowest BCUT2D eigenvalue weighted by molar-refractivity contribution is 0.311. The molecule has 0 aliphatic heterocycles. The molecule has 0 radical (unpaired) electrons. The van der Waals surface area contributed by atoms with E-state index in [0.717, 1.165) is 5.56 Å². The van der Waals surface area contributed by atoms with Crippen LogP contribution in [-0.2, 0) is 0 Å². The molecular formula is C18H17N3O3S. The van der Waals surface area contributed by atoms with Crippen molar-refractivity contribution in [2.75, 3.05) is 13.7 Å². The molecule has 1 aromatic heterocycles. The van der Waals surface area contributed by atoms with E-state index >= 15 is 0 Å². The molecule has 128 valence electrons. The van der Waals surface area contributed by atoms with E-state index in [2.05, 4.69) is 10.1 Å². The van der Waals surface area contributed by atoms with Gasteiger partial charge in [-0.15, -0.1) is 0 Å². The third kappa shape index (κ3) is 3.46. The molecule has 7 heteroatoms. The van der Waals surface area contributed by atoms with Crippen LogP contribution in [0.3, 0.4) is 0 Å². The highest BCUT2D eigenvalue weighted by molar-refractivity contribution is 7.71. The Hall–Kier alpha value is -2.93. The maximum Gasteiger partial charge on any atom is 0.282 e. The van der Waals surface area contributed by atoms with Crippen molar-refractivity contribution in [1.82, 2.24) is 9.66 Å². The average molecular weight is 355 g/mol. The summed E-state index contributed by atoms with van der Waals surface area (Å²) in [6.45, 7) is 2.45. The largest absolute Gasteiger partial charge is 0.493 e. The number of fused-ring (bicyclic) bond motifs is 1. The molecule has 6 nitrogen and oxygen atoms in total. The summed E-state index contributed by atoms with van der Waals surface area (Å²) in [5, 5.41) is 4.75. The smallest absolute Gasteiger partial charge is 0.282 e. The van der Waals surface area contributed by atoms with E-state index in [0.29, 0.717) is 29.0 Å². The summed E-state index contributed by atoms with van der Waals surface area (Å²) in [4.78, 5) is 15.6. The van der Waals surface area contributed by atoms with Crippen LogP contribution in [0, 0.1) is 4.77 Å². The van der Waals surface area contributed by atoms with Crippen molar-refractivity contribution in [1.29, 1.82) is 0 Å². The van der Waals surface area contributed by atoms with Crippen LogP contribution in [0.15, 0.2) is 52.4 Å². The second-order valence-corrected chi connectivity index (χ2v) is 5.57. The molecule has 0 saturated carbocycles. The molecule has 0 spiro atoms. The summed E-state index contributed by atoms with van der Waals surface area (Å²) in [5.74, 6) is 1.25. The molecule has 0 saturated heterocycles. The zero-order chi connectivity index (χ0) is 17.8. The van der Waals surface area contributed by atoms with Crippen molar-refractivity contribution in [2.45, 2.75) is 6.92 Å². The summed E-state index contributed by atoms with van der Waals surface area (Å²) in [7, 11) is 1.57. The van der Waals surface area contributed by atoms with Gasteiger partial charge >= 0.3 is 0 Å². The minimum absolute atomic E-state index is 0.234. The Morgan fingerprint density at radius 2 is 2.04 bits per heavy atom. The van der Waals surface area contributed by atoms with Gasteiger partial charge in [-0.25, -0.2) is 0 Å².